The maximum absolute atomic E-state index is 10.8. The smallest absolute Gasteiger partial charge is 0.545 e. The predicted octanol–water partition coefficient (Wildman–Crippen LogP) is -2.81. The van der Waals surface area contributed by atoms with Crippen molar-refractivity contribution >= 4 is 5.97 Å². The zero-order valence-corrected chi connectivity index (χ0v) is 13.8. The second-order valence-electron chi connectivity index (χ2n) is 4.70. The number of hydrogen-bond acceptors (Lipinski definition) is 4. The number of nitrogens with zero attached hydrogens (tertiary/aromatic N) is 2. The Hall–Kier alpha value is -0.390. The molecule has 0 spiro atoms. The Balaban J connectivity index is 0.00000180. The first kappa shape index (κ1) is 16.7. The largest absolute Gasteiger partial charge is 1.00 e. The molecule has 5 heteroatoms. The van der Waals surface area contributed by atoms with Crippen LogP contribution in [0.25, 0.3) is 0 Å². The molecule has 0 aromatic heterocycles. The summed E-state index contributed by atoms with van der Waals surface area (Å²) in [4.78, 5) is 15.6. The first-order chi connectivity index (χ1) is 8.69. The van der Waals surface area contributed by atoms with E-state index in [-0.39, 0.29) is 35.1 Å². The molecule has 0 amide bonds. The average Bonchev–Trinajstić information content (AvgIpc) is 2.40. The van der Waals surface area contributed by atoms with Crippen LogP contribution in [0.5, 0.6) is 0 Å². The number of carbonyl (C=O) groups is 1. The van der Waals surface area contributed by atoms with Gasteiger partial charge in [-0.3, -0.25) is 4.90 Å². The Bertz CT molecular complexity index is 418. The second-order valence-corrected chi connectivity index (χ2v) is 4.70. The Morgan fingerprint density at radius 1 is 1.21 bits per heavy atom. The van der Waals surface area contributed by atoms with Gasteiger partial charge in [-0.1, -0.05) is 25.1 Å². The van der Waals surface area contributed by atoms with Gasteiger partial charge in [0.2, 0.25) is 0 Å². The fourth-order valence-corrected chi connectivity index (χ4v) is 2.32. The van der Waals surface area contributed by atoms with Gasteiger partial charge in [0.1, 0.15) is 0 Å². The summed E-state index contributed by atoms with van der Waals surface area (Å²) in [5.41, 5.74) is 1.31. The molecule has 1 saturated heterocycles. The molecule has 0 aliphatic carbocycles. The zero-order chi connectivity index (χ0) is 13.0. The van der Waals surface area contributed by atoms with Gasteiger partial charge in [0.05, 0.1) is 5.97 Å². The number of carboxylic acid groups (broad SMARTS) is 1. The maximum atomic E-state index is 10.8. The van der Waals surface area contributed by atoms with E-state index in [1.807, 2.05) is 6.07 Å². The number of carboxylic acids is 1. The summed E-state index contributed by atoms with van der Waals surface area (Å²) in [7, 11) is 0. The van der Waals surface area contributed by atoms with Gasteiger partial charge >= 0.3 is 29.6 Å². The number of aromatic carboxylic acids is 1. The molecule has 1 aliphatic heterocycles. The molecule has 1 aromatic rings. The molecule has 1 heterocycles. The van der Waals surface area contributed by atoms with Crippen molar-refractivity contribution < 1.29 is 39.5 Å². The van der Waals surface area contributed by atoms with Crippen molar-refractivity contribution in [1.82, 2.24) is 9.80 Å². The fourth-order valence-electron chi connectivity index (χ4n) is 2.32. The molecule has 0 unspecified atom stereocenters. The number of carbonyl (C=O) groups excluding carboxylic acids is 1. The van der Waals surface area contributed by atoms with Crippen molar-refractivity contribution in [3.63, 3.8) is 0 Å². The van der Waals surface area contributed by atoms with Crippen LogP contribution in [0.15, 0.2) is 24.3 Å². The van der Waals surface area contributed by atoms with Crippen LogP contribution in [-0.2, 0) is 6.54 Å². The van der Waals surface area contributed by atoms with Crippen molar-refractivity contribution in [2.75, 3.05) is 32.7 Å². The Morgan fingerprint density at radius 2 is 1.84 bits per heavy atom. The first-order valence-electron chi connectivity index (χ1n) is 6.44. The molecule has 0 bridgehead atoms. The van der Waals surface area contributed by atoms with Gasteiger partial charge in [-0.2, -0.15) is 0 Å². The van der Waals surface area contributed by atoms with Gasteiger partial charge in [0.15, 0.2) is 0 Å². The minimum atomic E-state index is -1.10. The standard InChI is InChI=1S/C14H20N2O2.Na/c1-2-15-6-8-16(9-7-15)11-12-4-3-5-13(10-12)14(17)18;/h3-5,10H,2,6-9,11H2,1H3,(H,17,18);/q;+1/p-1. The van der Waals surface area contributed by atoms with Gasteiger partial charge in [-0.15, -0.1) is 0 Å². The van der Waals surface area contributed by atoms with Crippen molar-refractivity contribution in [3.8, 4) is 0 Å². The zero-order valence-electron chi connectivity index (χ0n) is 11.8. The molecule has 0 atom stereocenters. The van der Waals surface area contributed by atoms with Crippen molar-refractivity contribution in [2.24, 2.45) is 0 Å². The normalized spacial score (nSPS) is 16.9. The van der Waals surface area contributed by atoms with Crippen LogP contribution >= 0.6 is 0 Å². The topological polar surface area (TPSA) is 46.6 Å². The van der Waals surface area contributed by atoms with Crippen LogP contribution in [0.4, 0.5) is 0 Å². The van der Waals surface area contributed by atoms with Crippen LogP contribution in [-0.4, -0.2) is 48.5 Å². The molecular formula is C14H19N2NaO2. The number of hydrogen-bond donors (Lipinski definition) is 0. The van der Waals surface area contributed by atoms with Gasteiger partial charge in [-0.05, 0) is 23.7 Å². The first-order valence-corrected chi connectivity index (χ1v) is 6.44. The minimum Gasteiger partial charge on any atom is -0.545 e. The molecule has 0 N–H and O–H groups in total. The molecule has 2 rings (SSSR count). The number of rotatable bonds is 4. The third-order valence-electron chi connectivity index (χ3n) is 3.48. The molecule has 0 radical (unpaired) electrons. The molecule has 0 saturated carbocycles. The molecular weight excluding hydrogens is 251 g/mol. The van der Waals surface area contributed by atoms with Gasteiger partial charge in [0.25, 0.3) is 0 Å². The summed E-state index contributed by atoms with van der Waals surface area (Å²) in [6.07, 6.45) is 0. The van der Waals surface area contributed by atoms with E-state index in [4.69, 9.17) is 0 Å². The summed E-state index contributed by atoms with van der Waals surface area (Å²) in [6, 6.07) is 7.04. The Kier molecular flexibility index (Phi) is 7.04. The van der Waals surface area contributed by atoms with E-state index >= 15 is 0 Å². The maximum Gasteiger partial charge on any atom is 1.00 e. The van der Waals surface area contributed by atoms with Crippen LogP contribution in [0.1, 0.15) is 22.8 Å². The molecule has 19 heavy (non-hydrogen) atoms. The second kappa shape index (κ2) is 8.02. The average molecular weight is 270 g/mol. The summed E-state index contributed by atoms with van der Waals surface area (Å²) < 4.78 is 0. The third-order valence-corrected chi connectivity index (χ3v) is 3.48. The quantitative estimate of drug-likeness (QED) is 0.554. The number of benzene rings is 1. The monoisotopic (exact) mass is 270 g/mol. The van der Waals surface area contributed by atoms with Gasteiger partial charge < -0.3 is 14.8 Å². The van der Waals surface area contributed by atoms with Gasteiger partial charge in [0, 0.05) is 32.7 Å². The molecule has 98 valence electrons. The Morgan fingerprint density at radius 3 is 2.42 bits per heavy atom. The molecule has 4 nitrogen and oxygen atoms in total. The van der Waals surface area contributed by atoms with Crippen LogP contribution in [0, 0.1) is 0 Å². The van der Waals surface area contributed by atoms with Crippen LogP contribution < -0.4 is 34.7 Å². The summed E-state index contributed by atoms with van der Waals surface area (Å²) in [5, 5.41) is 10.8. The fraction of sp³-hybridized carbons (Fsp3) is 0.500. The van der Waals surface area contributed by atoms with Crippen LogP contribution in [0.3, 0.4) is 0 Å². The predicted molar refractivity (Wildman–Crippen MR) is 68.2 cm³/mol. The van der Waals surface area contributed by atoms with Crippen LogP contribution in [0.2, 0.25) is 0 Å². The third kappa shape index (κ3) is 4.89. The van der Waals surface area contributed by atoms with E-state index in [0.717, 1.165) is 44.8 Å². The van der Waals surface area contributed by atoms with E-state index in [1.54, 1.807) is 18.2 Å². The summed E-state index contributed by atoms with van der Waals surface area (Å²) in [6.45, 7) is 8.38. The van der Waals surface area contributed by atoms with E-state index in [0.29, 0.717) is 0 Å². The molecule has 1 aliphatic rings. The Labute approximate surface area is 136 Å². The van der Waals surface area contributed by atoms with Crippen molar-refractivity contribution in [3.05, 3.63) is 35.4 Å². The SMILES string of the molecule is CCN1CCN(Cc2cccc(C(=O)[O-])c2)CC1.[Na+]. The summed E-state index contributed by atoms with van der Waals surface area (Å²) in [5.74, 6) is -1.10. The van der Waals surface area contributed by atoms with E-state index < -0.39 is 5.97 Å². The minimum absolute atomic E-state index is 0. The number of piperazine rings is 1. The van der Waals surface area contributed by atoms with E-state index in [9.17, 15) is 9.90 Å². The van der Waals surface area contributed by atoms with Gasteiger partial charge in [-0.25, -0.2) is 0 Å². The molecule has 1 fully saturated rings. The van der Waals surface area contributed by atoms with E-state index in [1.165, 1.54) is 0 Å². The van der Waals surface area contributed by atoms with E-state index in [2.05, 4.69) is 16.7 Å². The number of likely N-dealkylation sites (N-methyl/N-ethyl adjacent to an activating group) is 1. The molecule has 1 aromatic carbocycles. The summed E-state index contributed by atoms with van der Waals surface area (Å²) >= 11 is 0. The van der Waals surface area contributed by atoms with Crippen molar-refractivity contribution in [1.29, 1.82) is 0 Å². The van der Waals surface area contributed by atoms with Crippen molar-refractivity contribution in [2.45, 2.75) is 13.5 Å².